The lowest BCUT2D eigenvalue weighted by Crippen LogP contribution is -2.25. The second kappa shape index (κ2) is 8.48. The second-order valence-electron chi connectivity index (χ2n) is 5.56. The molecule has 1 aromatic heterocycles. The van der Waals surface area contributed by atoms with Gasteiger partial charge < -0.3 is 10.1 Å². The molecule has 8 heteroatoms. The van der Waals surface area contributed by atoms with Crippen LogP contribution >= 0.6 is 11.8 Å². The Hall–Kier alpha value is -2.87. The summed E-state index contributed by atoms with van der Waals surface area (Å²) in [6, 6.07) is 15.4. The summed E-state index contributed by atoms with van der Waals surface area (Å²) in [7, 11) is 1.61. The number of amides is 1. The van der Waals surface area contributed by atoms with Gasteiger partial charge in [-0.1, -0.05) is 36.0 Å². The van der Waals surface area contributed by atoms with Crippen molar-refractivity contribution in [3.63, 3.8) is 0 Å². The number of benzene rings is 2. The Morgan fingerprint density at radius 1 is 1.19 bits per heavy atom. The molecule has 0 bridgehead atoms. The van der Waals surface area contributed by atoms with Gasteiger partial charge in [-0.2, -0.15) is 4.68 Å². The fourth-order valence-corrected chi connectivity index (χ4v) is 3.06. The molecular formula is C18H19N5O2S. The first-order valence-corrected chi connectivity index (χ1v) is 9.03. The van der Waals surface area contributed by atoms with Crippen LogP contribution in [0.5, 0.6) is 5.75 Å². The highest BCUT2D eigenvalue weighted by molar-refractivity contribution is 7.99. The first-order chi connectivity index (χ1) is 12.7. The maximum Gasteiger partial charge on any atom is 0.230 e. The van der Waals surface area contributed by atoms with Gasteiger partial charge >= 0.3 is 0 Å². The minimum atomic E-state index is -0.0671. The number of hydrogen-bond donors (Lipinski definition) is 1. The molecule has 134 valence electrons. The zero-order chi connectivity index (χ0) is 18.4. The van der Waals surface area contributed by atoms with Crippen LogP contribution in [0.1, 0.15) is 11.1 Å². The molecule has 26 heavy (non-hydrogen) atoms. The summed E-state index contributed by atoms with van der Waals surface area (Å²) in [5.41, 5.74) is 3.07. The van der Waals surface area contributed by atoms with E-state index < -0.39 is 0 Å². The SMILES string of the molecule is COc1ccc(-n2nnnc2SCC(=O)NCc2ccccc2C)cc1. The van der Waals surface area contributed by atoms with Crippen LogP contribution in [0.3, 0.4) is 0 Å². The lowest BCUT2D eigenvalue weighted by Gasteiger charge is -2.08. The quantitative estimate of drug-likeness (QED) is 0.644. The van der Waals surface area contributed by atoms with Gasteiger partial charge in [-0.15, -0.1) is 5.10 Å². The van der Waals surface area contributed by atoms with Gasteiger partial charge in [0.15, 0.2) is 0 Å². The zero-order valence-corrected chi connectivity index (χ0v) is 15.4. The maximum atomic E-state index is 12.1. The Morgan fingerprint density at radius 3 is 2.69 bits per heavy atom. The van der Waals surface area contributed by atoms with Crippen molar-refractivity contribution in [1.82, 2.24) is 25.5 Å². The first kappa shape index (κ1) is 17.9. The van der Waals surface area contributed by atoms with Crippen LogP contribution in [0.15, 0.2) is 53.7 Å². The number of methoxy groups -OCH3 is 1. The Balaban J connectivity index is 1.57. The number of tetrazole rings is 1. The molecule has 0 atom stereocenters. The standard InChI is InChI=1S/C18H19N5O2S/c1-13-5-3-4-6-14(13)11-19-17(24)12-26-18-20-21-22-23(18)15-7-9-16(25-2)10-8-15/h3-10H,11-12H2,1-2H3,(H,19,24). The molecule has 0 aliphatic rings. The van der Waals surface area contributed by atoms with Gasteiger partial charge in [-0.25, -0.2) is 0 Å². The van der Waals surface area contributed by atoms with Gasteiger partial charge in [-0.3, -0.25) is 4.79 Å². The molecule has 1 N–H and O–H groups in total. The van der Waals surface area contributed by atoms with Gasteiger partial charge in [0, 0.05) is 6.54 Å². The van der Waals surface area contributed by atoms with Crippen molar-refractivity contribution in [3.8, 4) is 11.4 Å². The molecule has 0 radical (unpaired) electrons. The lowest BCUT2D eigenvalue weighted by molar-refractivity contribution is -0.118. The van der Waals surface area contributed by atoms with Crippen LogP contribution in [-0.4, -0.2) is 39.0 Å². The summed E-state index contributed by atoms with van der Waals surface area (Å²) >= 11 is 1.29. The van der Waals surface area contributed by atoms with Gasteiger partial charge in [0.25, 0.3) is 0 Å². The summed E-state index contributed by atoms with van der Waals surface area (Å²) in [6.07, 6.45) is 0. The molecule has 1 heterocycles. The fourth-order valence-electron chi connectivity index (χ4n) is 2.34. The first-order valence-electron chi connectivity index (χ1n) is 8.04. The van der Waals surface area contributed by atoms with E-state index >= 15 is 0 Å². The minimum absolute atomic E-state index is 0.0671. The smallest absolute Gasteiger partial charge is 0.230 e. The number of thioether (sulfide) groups is 1. The van der Waals surface area contributed by atoms with Crippen molar-refractivity contribution >= 4 is 17.7 Å². The Kier molecular flexibility index (Phi) is 5.85. The molecule has 0 spiro atoms. The number of aromatic nitrogens is 4. The monoisotopic (exact) mass is 369 g/mol. The number of ether oxygens (including phenoxy) is 1. The van der Waals surface area contributed by atoms with Crippen molar-refractivity contribution in [2.75, 3.05) is 12.9 Å². The Morgan fingerprint density at radius 2 is 1.96 bits per heavy atom. The average Bonchev–Trinajstić information content (AvgIpc) is 3.14. The van der Waals surface area contributed by atoms with Crippen molar-refractivity contribution in [2.24, 2.45) is 0 Å². The van der Waals surface area contributed by atoms with Crippen LogP contribution in [0.25, 0.3) is 5.69 Å². The van der Waals surface area contributed by atoms with Gasteiger partial charge in [0.2, 0.25) is 11.1 Å². The Bertz CT molecular complexity index is 879. The Labute approximate surface area is 155 Å². The van der Waals surface area contributed by atoms with Crippen molar-refractivity contribution in [1.29, 1.82) is 0 Å². The third kappa shape index (κ3) is 4.40. The van der Waals surface area contributed by atoms with E-state index in [2.05, 4.69) is 20.8 Å². The van der Waals surface area contributed by atoms with Crippen LogP contribution in [0.2, 0.25) is 0 Å². The largest absolute Gasteiger partial charge is 0.497 e. The fraction of sp³-hybridized carbons (Fsp3) is 0.222. The highest BCUT2D eigenvalue weighted by Gasteiger charge is 2.12. The number of carbonyl (C=O) groups is 1. The van der Waals surface area contributed by atoms with Crippen molar-refractivity contribution in [3.05, 3.63) is 59.7 Å². The highest BCUT2D eigenvalue weighted by atomic mass is 32.2. The van der Waals surface area contributed by atoms with Crippen LogP contribution in [-0.2, 0) is 11.3 Å². The van der Waals surface area contributed by atoms with Crippen LogP contribution in [0.4, 0.5) is 0 Å². The van der Waals surface area contributed by atoms with E-state index in [9.17, 15) is 4.79 Å². The van der Waals surface area contributed by atoms with E-state index in [1.807, 2.05) is 55.5 Å². The third-order valence-electron chi connectivity index (χ3n) is 3.83. The predicted octanol–water partition coefficient (Wildman–Crippen LogP) is 2.39. The third-order valence-corrected chi connectivity index (χ3v) is 4.75. The summed E-state index contributed by atoms with van der Waals surface area (Å²) in [5, 5.41) is 15.2. The van der Waals surface area contributed by atoms with E-state index in [0.717, 1.165) is 22.6 Å². The van der Waals surface area contributed by atoms with E-state index in [1.54, 1.807) is 11.8 Å². The van der Waals surface area contributed by atoms with Crippen molar-refractivity contribution < 1.29 is 9.53 Å². The lowest BCUT2D eigenvalue weighted by atomic mass is 10.1. The average molecular weight is 369 g/mol. The number of rotatable bonds is 7. The van der Waals surface area contributed by atoms with E-state index in [0.29, 0.717) is 11.7 Å². The summed E-state index contributed by atoms with van der Waals surface area (Å²) in [4.78, 5) is 12.1. The number of nitrogens with one attached hydrogen (secondary N) is 1. The molecule has 1 amide bonds. The molecule has 7 nitrogen and oxygen atoms in total. The zero-order valence-electron chi connectivity index (χ0n) is 14.5. The molecule has 2 aromatic carbocycles. The number of hydrogen-bond acceptors (Lipinski definition) is 6. The number of carbonyl (C=O) groups excluding carboxylic acids is 1. The summed E-state index contributed by atoms with van der Waals surface area (Å²) in [5.74, 6) is 0.928. The summed E-state index contributed by atoms with van der Waals surface area (Å²) in [6.45, 7) is 2.54. The number of nitrogens with zero attached hydrogens (tertiary/aromatic N) is 4. The molecule has 3 rings (SSSR count). The van der Waals surface area contributed by atoms with E-state index in [1.165, 1.54) is 11.8 Å². The second-order valence-corrected chi connectivity index (χ2v) is 6.51. The molecular weight excluding hydrogens is 350 g/mol. The van der Waals surface area contributed by atoms with E-state index in [4.69, 9.17) is 4.74 Å². The van der Waals surface area contributed by atoms with Crippen LogP contribution in [0, 0.1) is 6.92 Å². The molecule has 0 saturated carbocycles. The van der Waals surface area contributed by atoms with Crippen molar-refractivity contribution in [2.45, 2.75) is 18.6 Å². The number of aryl methyl sites for hydroxylation is 1. The van der Waals surface area contributed by atoms with Gasteiger partial charge in [0.05, 0.1) is 18.6 Å². The van der Waals surface area contributed by atoms with E-state index in [-0.39, 0.29) is 11.7 Å². The molecule has 0 aliphatic heterocycles. The van der Waals surface area contributed by atoms with Gasteiger partial charge in [0.1, 0.15) is 5.75 Å². The van der Waals surface area contributed by atoms with Gasteiger partial charge in [-0.05, 0) is 52.7 Å². The molecule has 0 fully saturated rings. The maximum absolute atomic E-state index is 12.1. The molecule has 3 aromatic rings. The molecule has 0 aliphatic carbocycles. The molecule has 0 saturated heterocycles. The topological polar surface area (TPSA) is 81.9 Å². The highest BCUT2D eigenvalue weighted by Crippen LogP contribution is 2.20. The summed E-state index contributed by atoms with van der Waals surface area (Å²) < 4.78 is 6.74. The van der Waals surface area contributed by atoms with Crippen LogP contribution < -0.4 is 10.1 Å². The predicted molar refractivity (Wildman–Crippen MR) is 99.5 cm³/mol. The minimum Gasteiger partial charge on any atom is -0.497 e. The molecule has 0 unspecified atom stereocenters. The normalized spacial score (nSPS) is 10.5.